The molecule has 2 aliphatic heterocycles. The van der Waals surface area contributed by atoms with Gasteiger partial charge in [-0.1, -0.05) is 0 Å². The van der Waals surface area contributed by atoms with Crippen molar-refractivity contribution in [2.24, 2.45) is 15.9 Å². The van der Waals surface area contributed by atoms with Crippen molar-refractivity contribution in [1.82, 2.24) is 9.27 Å². The Bertz CT molecular complexity index is 1150. The van der Waals surface area contributed by atoms with Crippen LogP contribution in [0.5, 0.6) is 5.75 Å². The van der Waals surface area contributed by atoms with Gasteiger partial charge in [-0.15, -0.1) is 0 Å². The topological polar surface area (TPSA) is 74.1 Å². The third-order valence-corrected chi connectivity index (χ3v) is 7.19. The molecule has 0 aliphatic carbocycles. The number of benzene rings is 1. The molecule has 2 N–H and O–H groups in total. The zero-order chi connectivity index (χ0) is 27.3. The predicted octanol–water partition coefficient (Wildman–Crippen LogP) is 5.38. The summed E-state index contributed by atoms with van der Waals surface area (Å²) in [7, 11) is 0. The molecule has 208 valence electrons. The summed E-state index contributed by atoms with van der Waals surface area (Å²) in [4.78, 5) is 9.18. The second-order valence-electron chi connectivity index (χ2n) is 9.23. The fourth-order valence-electron chi connectivity index (χ4n) is 4.27. The molecule has 0 bridgehead atoms. The van der Waals surface area contributed by atoms with E-state index in [0.29, 0.717) is 30.3 Å². The van der Waals surface area contributed by atoms with Gasteiger partial charge < -0.3 is 15.4 Å². The van der Waals surface area contributed by atoms with Gasteiger partial charge in [0.05, 0.1) is 31.6 Å². The standard InChI is InChI=1S/C24H28F6N6OS/c1-14-17(23(38-35-14)34-22-10-32-20(9-33-22)24(28,29)30)8-31-16-4-5-18(25)19(7-16)37-13-15-3-2-6-36(11-15)12-21(26)27/h4-5,7,10,15,20-21,31H,2-3,6,8-9,11-13H2,1H3,(H,33,34). The molecule has 4 rings (SSSR count). The summed E-state index contributed by atoms with van der Waals surface area (Å²) in [5, 5.41) is 6.78. The summed E-state index contributed by atoms with van der Waals surface area (Å²) in [6.45, 7) is 2.67. The molecule has 2 atom stereocenters. The molecule has 2 aliphatic rings. The van der Waals surface area contributed by atoms with Crippen molar-refractivity contribution in [1.29, 1.82) is 0 Å². The van der Waals surface area contributed by atoms with Crippen LogP contribution in [0.25, 0.3) is 0 Å². The highest BCUT2D eigenvalue weighted by Crippen LogP contribution is 2.29. The number of hydrogen-bond donors (Lipinski definition) is 2. The van der Waals surface area contributed by atoms with Crippen molar-refractivity contribution in [3.8, 4) is 5.75 Å². The lowest BCUT2D eigenvalue weighted by Gasteiger charge is -2.32. The van der Waals surface area contributed by atoms with E-state index >= 15 is 0 Å². The maximum Gasteiger partial charge on any atom is 0.412 e. The van der Waals surface area contributed by atoms with Crippen LogP contribution in [0.4, 0.5) is 37.0 Å². The number of nitrogens with one attached hydrogen (secondary N) is 2. The number of hydrogen-bond acceptors (Lipinski definition) is 8. The zero-order valence-electron chi connectivity index (χ0n) is 20.6. The van der Waals surface area contributed by atoms with Crippen LogP contribution in [0, 0.1) is 18.7 Å². The number of ether oxygens (including phenoxy) is 1. The Hall–Kier alpha value is -2.87. The molecule has 38 heavy (non-hydrogen) atoms. The van der Waals surface area contributed by atoms with Crippen LogP contribution in [0.2, 0.25) is 0 Å². The Labute approximate surface area is 220 Å². The Morgan fingerprint density at radius 2 is 2.08 bits per heavy atom. The van der Waals surface area contributed by atoms with Crippen molar-refractivity contribution >= 4 is 34.3 Å². The van der Waals surface area contributed by atoms with Gasteiger partial charge >= 0.3 is 6.18 Å². The third-order valence-electron chi connectivity index (χ3n) is 6.29. The van der Waals surface area contributed by atoms with Crippen molar-refractivity contribution in [3.63, 3.8) is 0 Å². The molecule has 2 aromatic rings. The highest BCUT2D eigenvalue weighted by atomic mass is 32.1. The van der Waals surface area contributed by atoms with E-state index in [1.807, 2.05) is 0 Å². The lowest BCUT2D eigenvalue weighted by molar-refractivity contribution is -0.144. The number of alkyl halides is 5. The number of aromatic nitrogens is 1. The van der Waals surface area contributed by atoms with Crippen molar-refractivity contribution < 1.29 is 31.1 Å². The van der Waals surface area contributed by atoms with Gasteiger partial charge in [-0.25, -0.2) is 13.2 Å². The Balaban J connectivity index is 1.34. The molecule has 1 saturated heterocycles. The maximum atomic E-state index is 14.4. The van der Waals surface area contributed by atoms with E-state index < -0.39 is 31.0 Å². The number of rotatable bonds is 9. The first-order valence-corrected chi connectivity index (χ1v) is 12.9. The number of likely N-dealkylation sites (tertiary alicyclic amines) is 1. The van der Waals surface area contributed by atoms with Crippen LogP contribution in [0.3, 0.4) is 0 Å². The van der Waals surface area contributed by atoms with Gasteiger partial charge in [-0.2, -0.15) is 17.5 Å². The molecule has 3 heterocycles. The van der Waals surface area contributed by atoms with Crippen LogP contribution >= 0.6 is 11.5 Å². The lowest BCUT2D eigenvalue weighted by atomic mass is 9.99. The van der Waals surface area contributed by atoms with Crippen molar-refractivity contribution in [2.45, 2.75) is 45.0 Å². The average Bonchev–Trinajstić information content (AvgIpc) is 3.21. The van der Waals surface area contributed by atoms with Gasteiger partial charge in [0.1, 0.15) is 10.8 Å². The fourth-order valence-corrected chi connectivity index (χ4v) is 5.09. The van der Waals surface area contributed by atoms with Crippen LogP contribution in [0.15, 0.2) is 28.2 Å². The summed E-state index contributed by atoms with van der Waals surface area (Å²) < 4.78 is 88.2. The predicted molar refractivity (Wildman–Crippen MR) is 136 cm³/mol. The van der Waals surface area contributed by atoms with E-state index in [9.17, 15) is 26.3 Å². The second-order valence-corrected chi connectivity index (χ2v) is 10.0. The number of anilines is 2. The molecular weight excluding hydrogens is 534 g/mol. The molecular formula is C24H28F6N6OS. The molecule has 14 heteroatoms. The summed E-state index contributed by atoms with van der Waals surface area (Å²) in [6.07, 6.45) is -4.15. The Morgan fingerprint density at radius 3 is 2.79 bits per heavy atom. The van der Waals surface area contributed by atoms with Gasteiger partial charge in [0.25, 0.3) is 6.43 Å². The van der Waals surface area contributed by atoms with E-state index in [4.69, 9.17) is 4.74 Å². The van der Waals surface area contributed by atoms with Crippen molar-refractivity contribution in [3.05, 3.63) is 35.3 Å². The molecule has 2 unspecified atom stereocenters. The highest BCUT2D eigenvalue weighted by molar-refractivity contribution is 7.10. The molecule has 7 nitrogen and oxygen atoms in total. The summed E-state index contributed by atoms with van der Waals surface area (Å²) in [5.41, 5.74) is 2.08. The second kappa shape index (κ2) is 12.3. The lowest BCUT2D eigenvalue weighted by Crippen LogP contribution is -2.40. The minimum atomic E-state index is -4.44. The average molecular weight is 563 g/mol. The number of halogens is 6. The first kappa shape index (κ1) is 28.1. The van der Waals surface area contributed by atoms with Gasteiger partial charge in [0, 0.05) is 36.3 Å². The van der Waals surface area contributed by atoms with Crippen LogP contribution in [-0.4, -0.2) is 72.8 Å². The van der Waals surface area contributed by atoms with Crippen LogP contribution < -0.4 is 15.4 Å². The van der Waals surface area contributed by atoms with E-state index in [1.54, 1.807) is 17.9 Å². The molecule has 1 aromatic heterocycles. The van der Waals surface area contributed by atoms with Gasteiger partial charge in [-0.05, 0) is 50.0 Å². The summed E-state index contributed by atoms with van der Waals surface area (Å²) >= 11 is 1.14. The largest absolute Gasteiger partial charge is 0.490 e. The van der Waals surface area contributed by atoms with Crippen LogP contribution in [0.1, 0.15) is 24.1 Å². The number of piperidine rings is 1. The number of nitrogens with zero attached hydrogens (tertiary/aromatic N) is 4. The minimum Gasteiger partial charge on any atom is -0.490 e. The zero-order valence-corrected chi connectivity index (χ0v) is 21.4. The maximum absolute atomic E-state index is 14.4. The molecule has 0 amide bonds. The molecule has 0 spiro atoms. The smallest absolute Gasteiger partial charge is 0.412 e. The molecule has 1 fully saturated rings. The van der Waals surface area contributed by atoms with Gasteiger partial charge in [0.2, 0.25) is 0 Å². The number of aryl methyl sites for hydroxylation is 1. The van der Waals surface area contributed by atoms with E-state index in [-0.39, 0.29) is 30.7 Å². The number of aliphatic imine (C=N–C) groups is 2. The third kappa shape index (κ3) is 7.59. The van der Waals surface area contributed by atoms with Gasteiger partial charge in [-0.3, -0.25) is 14.9 Å². The van der Waals surface area contributed by atoms with Crippen LogP contribution in [-0.2, 0) is 6.54 Å². The fraction of sp³-hybridized carbons (Fsp3) is 0.542. The molecule has 1 aromatic carbocycles. The van der Waals surface area contributed by atoms with E-state index in [2.05, 4.69) is 25.0 Å². The summed E-state index contributed by atoms with van der Waals surface area (Å²) in [6, 6.07) is 2.53. The van der Waals surface area contributed by atoms with Gasteiger partial charge in [0.15, 0.2) is 17.6 Å². The molecule has 0 radical (unpaired) electrons. The highest BCUT2D eigenvalue weighted by Gasteiger charge is 2.40. The summed E-state index contributed by atoms with van der Waals surface area (Å²) in [5.74, 6) is -0.225. The normalized spacial score (nSPS) is 20.5. The quantitative estimate of drug-likeness (QED) is 0.402. The van der Waals surface area contributed by atoms with E-state index in [1.165, 1.54) is 12.1 Å². The SMILES string of the molecule is Cc1nsc(NC2=NCC(C(F)(F)F)N=C2)c1CNc1ccc(F)c(OCC2CCCN(CC(F)F)C2)c1. The van der Waals surface area contributed by atoms with E-state index in [0.717, 1.165) is 41.8 Å². The Morgan fingerprint density at radius 1 is 1.26 bits per heavy atom. The minimum absolute atomic E-state index is 0.0318. The molecule has 0 saturated carbocycles. The Kier molecular flexibility index (Phi) is 9.13. The first-order valence-electron chi connectivity index (χ1n) is 12.1. The first-order chi connectivity index (χ1) is 18.1. The monoisotopic (exact) mass is 562 g/mol. The van der Waals surface area contributed by atoms with Crippen molar-refractivity contribution in [2.75, 3.05) is 43.4 Å². The number of amidine groups is 1.